The lowest BCUT2D eigenvalue weighted by molar-refractivity contribution is 0.0368. The van der Waals surface area contributed by atoms with Crippen molar-refractivity contribution in [3.8, 4) is 0 Å². The molecule has 2 N–H and O–H groups in total. The average Bonchev–Trinajstić information content (AvgIpc) is 2.50. The Bertz CT molecular complexity index is 138. The van der Waals surface area contributed by atoms with Gasteiger partial charge in [-0.3, -0.25) is 4.84 Å². The van der Waals surface area contributed by atoms with E-state index in [9.17, 15) is 0 Å². The number of rotatable bonds is 4. The van der Waals surface area contributed by atoms with Crippen LogP contribution in [0.15, 0.2) is 4.99 Å². The molecule has 0 spiro atoms. The van der Waals surface area contributed by atoms with Crippen molar-refractivity contribution < 1.29 is 9.57 Å². The fourth-order valence-electron chi connectivity index (χ4n) is 0.711. The molecule has 0 aromatic rings. The molecule has 1 rings (SSSR count). The molecule has 1 aliphatic rings. The maximum Gasteiger partial charge on any atom is 0.215 e. The van der Waals surface area contributed by atoms with Crippen LogP contribution >= 0.6 is 0 Å². The molecule has 0 atom stereocenters. The minimum atomic E-state index is 0.525. The quantitative estimate of drug-likeness (QED) is 0.413. The second-order valence-corrected chi connectivity index (χ2v) is 2.10. The van der Waals surface area contributed by atoms with E-state index in [2.05, 4.69) is 15.8 Å². The van der Waals surface area contributed by atoms with Crippen LogP contribution in [0.25, 0.3) is 0 Å². The third-order valence-corrected chi connectivity index (χ3v) is 1.23. The number of hydrogen-bond acceptors (Lipinski definition) is 5. The zero-order valence-electron chi connectivity index (χ0n) is 6.59. The maximum atomic E-state index is 4.99. The highest BCUT2D eigenvalue weighted by Gasteiger charge is 2.02. The third kappa shape index (κ3) is 3.20. The Labute approximate surface area is 65.7 Å². The molecule has 0 aromatic carbocycles. The molecule has 0 saturated carbocycles. The number of guanidine groups is 1. The van der Waals surface area contributed by atoms with Crippen molar-refractivity contribution in [1.29, 1.82) is 0 Å². The van der Waals surface area contributed by atoms with Gasteiger partial charge < -0.3 is 10.1 Å². The molecule has 5 heteroatoms. The van der Waals surface area contributed by atoms with Crippen LogP contribution in [0.3, 0.4) is 0 Å². The Balaban J connectivity index is 1.94. The molecule has 0 aliphatic carbocycles. The van der Waals surface area contributed by atoms with E-state index in [4.69, 9.17) is 9.57 Å². The number of hydrogen-bond donors (Lipinski definition) is 2. The summed E-state index contributed by atoms with van der Waals surface area (Å²) >= 11 is 0. The number of nitrogens with zero attached hydrogens (tertiary/aromatic N) is 1. The molecular weight excluding hydrogens is 146 g/mol. The Hall–Kier alpha value is -0.810. The van der Waals surface area contributed by atoms with Gasteiger partial charge in [0.15, 0.2) is 0 Å². The van der Waals surface area contributed by atoms with E-state index in [-0.39, 0.29) is 0 Å². The minimum Gasteiger partial charge on any atom is -0.382 e. The monoisotopic (exact) mass is 159 g/mol. The molecule has 11 heavy (non-hydrogen) atoms. The van der Waals surface area contributed by atoms with Crippen LogP contribution in [0, 0.1) is 0 Å². The molecule has 0 aromatic heterocycles. The first kappa shape index (κ1) is 8.29. The van der Waals surface area contributed by atoms with E-state index in [1.165, 1.54) is 0 Å². The van der Waals surface area contributed by atoms with Gasteiger partial charge >= 0.3 is 0 Å². The summed E-state index contributed by atoms with van der Waals surface area (Å²) in [6.45, 7) is 2.81. The molecule has 1 heterocycles. The van der Waals surface area contributed by atoms with Gasteiger partial charge in [0.2, 0.25) is 5.96 Å². The Morgan fingerprint density at radius 3 is 3.18 bits per heavy atom. The van der Waals surface area contributed by atoms with Crippen LogP contribution in [0.2, 0.25) is 0 Å². The summed E-state index contributed by atoms with van der Waals surface area (Å²) in [5.41, 5.74) is 2.68. The summed E-state index contributed by atoms with van der Waals surface area (Å²) < 4.78 is 4.78. The lowest BCUT2D eigenvalue weighted by Crippen LogP contribution is -2.34. The Kier molecular flexibility index (Phi) is 3.71. The Morgan fingerprint density at radius 1 is 1.64 bits per heavy atom. The van der Waals surface area contributed by atoms with Gasteiger partial charge in [-0.25, -0.2) is 10.5 Å². The number of methoxy groups -OCH3 is 1. The second kappa shape index (κ2) is 4.92. The molecule has 1 aliphatic heterocycles. The fourth-order valence-corrected chi connectivity index (χ4v) is 0.711. The average molecular weight is 159 g/mol. The zero-order chi connectivity index (χ0) is 7.94. The highest BCUT2D eigenvalue weighted by atomic mass is 16.7. The molecule has 5 nitrogen and oxygen atoms in total. The van der Waals surface area contributed by atoms with Gasteiger partial charge in [0, 0.05) is 13.7 Å². The summed E-state index contributed by atoms with van der Waals surface area (Å²) in [6, 6.07) is 0. The second-order valence-electron chi connectivity index (χ2n) is 2.10. The van der Waals surface area contributed by atoms with E-state index in [1.54, 1.807) is 7.11 Å². The molecule has 64 valence electrons. The van der Waals surface area contributed by atoms with Crippen LogP contribution in [0.1, 0.15) is 0 Å². The maximum absolute atomic E-state index is 4.99. The lowest BCUT2D eigenvalue weighted by atomic mass is 10.7. The van der Waals surface area contributed by atoms with Crippen LogP contribution in [-0.2, 0) is 9.57 Å². The van der Waals surface area contributed by atoms with Gasteiger partial charge in [-0.05, 0) is 0 Å². The van der Waals surface area contributed by atoms with Crippen molar-refractivity contribution in [1.82, 2.24) is 10.8 Å². The molecular formula is C6H13N3O2. The van der Waals surface area contributed by atoms with Crippen LogP contribution in [-0.4, -0.2) is 39.4 Å². The van der Waals surface area contributed by atoms with Gasteiger partial charge in [-0.1, -0.05) is 0 Å². The van der Waals surface area contributed by atoms with E-state index in [0.29, 0.717) is 19.2 Å². The minimum absolute atomic E-state index is 0.525. The number of ether oxygens (including phenoxy) is 1. The van der Waals surface area contributed by atoms with Gasteiger partial charge in [-0.15, -0.1) is 0 Å². The highest BCUT2D eigenvalue weighted by molar-refractivity contribution is 5.80. The highest BCUT2D eigenvalue weighted by Crippen LogP contribution is 1.80. The van der Waals surface area contributed by atoms with Gasteiger partial charge in [0.25, 0.3) is 0 Å². The topological polar surface area (TPSA) is 54.9 Å². The van der Waals surface area contributed by atoms with Crippen molar-refractivity contribution in [2.75, 3.05) is 33.4 Å². The van der Waals surface area contributed by atoms with Crippen LogP contribution < -0.4 is 10.8 Å². The van der Waals surface area contributed by atoms with Gasteiger partial charge in [-0.2, -0.15) is 0 Å². The summed E-state index contributed by atoms with van der Waals surface area (Å²) in [7, 11) is 1.63. The summed E-state index contributed by atoms with van der Waals surface area (Å²) in [5, 5.41) is 3.01. The normalized spacial score (nSPS) is 15.9. The zero-order valence-corrected chi connectivity index (χ0v) is 6.59. The fraction of sp³-hybridized carbons (Fsp3) is 0.833. The largest absolute Gasteiger partial charge is 0.382 e. The van der Waals surface area contributed by atoms with Gasteiger partial charge in [0.1, 0.15) is 0 Å². The molecule has 0 fully saturated rings. The number of hydroxylamine groups is 1. The summed E-state index contributed by atoms with van der Waals surface area (Å²) in [4.78, 5) is 9.05. The molecule has 0 amide bonds. The first-order valence-electron chi connectivity index (χ1n) is 3.58. The smallest absolute Gasteiger partial charge is 0.215 e. The lowest BCUT2D eigenvalue weighted by Gasteiger charge is -2.05. The molecule has 0 radical (unpaired) electrons. The molecule has 0 unspecified atom stereocenters. The van der Waals surface area contributed by atoms with Crippen molar-refractivity contribution in [2.24, 2.45) is 4.99 Å². The SMILES string of the molecule is COCCONC1=NCCN1. The van der Waals surface area contributed by atoms with Crippen molar-refractivity contribution in [2.45, 2.75) is 0 Å². The number of aliphatic imine (C=N–C) groups is 1. The van der Waals surface area contributed by atoms with E-state index >= 15 is 0 Å². The van der Waals surface area contributed by atoms with E-state index in [1.807, 2.05) is 0 Å². The summed E-state index contributed by atoms with van der Waals surface area (Å²) in [5.74, 6) is 0.709. The number of nitrogens with one attached hydrogen (secondary N) is 2. The molecule has 0 saturated heterocycles. The first-order chi connectivity index (χ1) is 5.43. The predicted octanol–water partition coefficient (Wildman–Crippen LogP) is -0.887. The Morgan fingerprint density at radius 2 is 2.55 bits per heavy atom. The van der Waals surface area contributed by atoms with Crippen LogP contribution in [0.5, 0.6) is 0 Å². The van der Waals surface area contributed by atoms with Crippen molar-refractivity contribution >= 4 is 5.96 Å². The van der Waals surface area contributed by atoms with E-state index in [0.717, 1.165) is 13.1 Å². The predicted molar refractivity (Wildman–Crippen MR) is 41.3 cm³/mol. The first-order valence-corrected chi connectivity index (χ1v) is 3.58. The standard InChI is InChI=1S/C6H13N3O2/c1-10-4-5-11-9-6-7-2-3-8-6/h2-5H2,1H3,(H2,7,8,9). The van der Waals surface area contributed by atoms with Gasteiger partial charge in [0.05, 0.1) is 19.8 Å². The van der Waals surface area contributed by atoms with E-state index < -0.39 is 0 Å². The van der Waals surface area contributed by atoms with Crippen molar-refractivity contribution in [3.63, 3.8) is 0 Å². The van der Waals surface area contributed by atoms with Crippen molar-refractivity contribution in [3.05, 3.63) is 0 Å². The van der Waals surface area contributed by atoms with Crippen LogP contribution in [0.4, 0.5) is 0 Å². The third-order valence-electron chi connectivity index (χ3n) is 1.23. The molecule has 0 bridgehead atoms. The summed E-state index contributed by atoms with van der Waals surface area (Å²) in [6.07, 6.45) is 0.